The highest BCUT2D eigenvalue weighted by Gasteiger charge is 2.08. The molecule has 2 amide bonds. The first-order valence-corrected chi connectivity index (χ1v) is 5.37. The number of amides is 2. The molecule has 0 aromatic heterocycles. The van der Waals surface area contributed by atoms with E-state index in [-0.39, 0.29) is 12.5 Å². The van der Waals surface area contributed by atoms with E-state index in [9.17, 15) is 14.4 Å². The maximum absolute atomic E-state index is 11.3. The Kier molecular flexibility index (Phi) is 5.37. The number of hydrogen-bond donors (Lipinski definition) is 3. The van der Waals surface area contributed by atoms with Crippen LogP contribution in [-0.4, -0.2) is 29.4 Å². The van der Waals surface area contributed by atoms with E-state index in [4.69, 9.17) is 5.11 Å². The SMILES string of the molecule is O=C(O)CC(=O)NCC(=O)NCc1ccccc1. The number of nitrogens with one attached hydrogen (secondary N) is 2. The van der Waals surface area contributed by atoms with E-state index in [1.165, 1.54) is 0 Å². The number of carboxylic acid groups (broad SMARTS) is 1. The van der Waals surface area contributed by atoms with Gasteiger partial charge in [-0.1, -0.05) is 30.3 Å². The van der Waals surface area contributed by atoms with Crippen LogP contribution in [0.25, 0.3) is 0 Å². The number of benzene rings is 1. The number of carbonyl (C=O) groups is 3. The lowest BCUT2D eigenvalue weighted by molar-refractivity contribution is -0.141. The van der Waals surface area contributed by atoms with E-state index >= 15 is 0 Å². The molecule has 0 fully saturated rings. The third-order valence-corrected chi connectivity index (χ3v) is 2.09. The second-order valence-electron chi connectivity index (χ2n) is 3.61. The summed E-state index contributed by atoms with van der Waals surface area (Å²) in [5, 5.41) is 13.2. The molecule has 0 heterocycles. The standard InChI is InChI=1S/C12H14N2O4/c15-10(6-12(17)18)14-8-11(16)13-7-9-4-2-1-3-5-9/h1-5H,6-8H2,(H,13,16)(H,14,15)(H,17,18). The summed E-state index contributed by atoms with van der Waals surface area (Å²) in [5.74, 6) is -2.27. The fourth-order valence-electron chi connectivity index (χ4n) is 1.24. The van der Waals surface area contributed by atoms with Gasteiger partial charge < -0.3 is 15.7 Å². The predicted molar refractivity (Wildman–Crippen MR) is 63.6 cm³/mol. The third-order valence-electron chi connectivity index (χ3n) is 2.09. The van der Waals surface area contributed by atoms with E-state index in [1.807, 2.05) is 30.3 Å². The van der Waals surface area contributed by atoms with E-state index in [0.717, 1.165) is 5.56 Å². The van der Waals surface area contributed by atoms with Crippen LogP contribution < -0.4 is 10.6 Å². The molecular formula is C12H14N2O4. The second kappa shape index (κ2) is 7.05. The molecule has 6 nitrogen and oxygen atoms in total. The first-order valence-electron chi connectivity index (χ1n) is 5.37. The number of hydrogen-bond acceptors (Lipinski definition) is 3. The molecule has 1 rings (SSSR count). The van der Waals surface area contributed by atoms with Gasteiger partial charge >= 0.3 is 5.97 Å². The predicted octanol–water partition coefficient (Wildman–Crippen LogP) is -0.106. The molecule has 0 unspecified atom stereocenters. The molecule has 3 N–H and O–H groups in total. The van der Waals surface area contributed by atoms with Crippen LogP contribution in [0.2, 0.25) is 0 Å². The van der Waals surface area contributed by atoms with Crippen LogP contribution in [-0.2, 0) is 20.9 Å². The molecule has 1 aromatic rings. The molecule has 0 aliphatic heterocycles. The zero-order valence-electron chi connectivity index (χ0n) is 9.68. The molecule has 0 saturated carbocycles. The topological polar surface area (TPSA) is 95.5 Å². The van der Waals surface area contributed by atoms with Crippen LogP contribution in [0.3, 0.4) is 0 Å². The van der Waals surface area contributed by atoms with Crippen molar-refractivity contribution in [2.75, 3.05) is 6.54 Å². The quantitative estimate of drug-likeness (QED) is 0.614. The van der Waals surface area contributed by atoms with E-state index < -0.39 is 18.3 Å². The van der Waals surface area contributed by atoms with Crippen LogP contribution in [0.5, 0.6) is 0 Å². The molecule has 0 atom stereocenters. The lowest BCUT2D eigenvalue weighted by Gasteiger charge is -2.06. The maximum atomic E-state index is 11.3. The minimum Gasteiger partial charge on any atom is -0.481 e. The average Bonchev–Trinajstić information content (AvgIpc) is 2.34. The third kappa shape index (κ3) is 5.64. The lowest BCUT2D eigenvalue weighted by Crippen LogP contribution is -2.37. The Morgan fingerprint density at radius 3 is 2.28 bits per heavy atom. The van der Waals surface area contributed by atoms with Gasteiger partial charge in [-0.3, -0.25) is 14.4 Å². The van der Waals surface area contributed by atoms with Crippen molar-refractivity contribution in [1.29, 1.82) is 0 Å². The Morgan fingerprint density at radius 1 is 1.00 bits per heavy atom. The Labute approximate surface area is 104 Å². The highest BCUT2D eigenvalue weighted by atomic mass is 16.4. The highest BCUT2D eigenvalue weighted by Crippen LogP contribution is 1.96. The molecular weight excluding hydrogens is 236 g/mol. The van der Waals surface area contributed by atoms with Crippen molar-refractivity contribution in [1.82, 2.24) is 10.6 Å². The number of carbonyl (C=O) groups excluding carboxylic acids is 2. The van der Waals surface area contributed by atoms with Crippen molar-refractivity contribution >= 4 is 17.8 Å². The molecule has 18 heavy (non-hydrogen) atoms. The van der Waals surface area contributed by atoms with Gasteiger partial charge in [0.15, 0.2) is 0 Å². The van der Waals surface area contributed by atoms with Crippen LogP contribution >= 0.6 is 0 Å². The molecule has 0 spiro atoms. The van der Waals surface area contributed by atoms with Gasteiger partial charge in [-0.2, -0.15) is 0 Å². The summed E-state index contributed by atoms with van der Waals surface area (Å²) in [4.78, 5) is 32.5. The van der Waals surface area contributed by atoms with Gasteiger partial charge in [0.2, 0.25) is 11.8 Å². The first-order chi connectivity index (χ1) is 8.58. The van der Waals surface area contributed by atoms with Crippen molar-refractivity contribution in [2.45, 2.75) is 13.0 Å². The smallest absolute Gasteiger partial charge is 0.312 e. The minimum atomic E-state index is -1.22. The summed E-state index contributed by atoms with van der Waals surface area (Å²) in [7, 11) is 0. The van der Waals surface area contributed by atoms with Crippen molar-refractivity contribution in [3.05, 3.63) is 35.9 Å². The summed E-state index contributed by atoms with van der Waals surface area (Å²) < 4.78 is 0. The largest absolute Gasteiger partial charge is 0.481 e. The zero-order chi connectivity index (χ0) is 13.4. The molecule has 6 heteroatoms. The van der Waals surface area contributed by atoms with Gasteiger partial charge in [-0.25, -0.2) is 0 Å². The first kappa shape index (κ1) is 13.7. The molecule has 0 aliphatic carbocycles. The fraction of sp³-hybridized carbons (Fsp3) is 0.250. The van der Waals surface area contributed by atoms with Gasteiger partial charge in [-0.15, -0.1) is 0 Å². The minimum absolute atomic E-state index is 0.223. The highest BCUT2D eigenvalue weighted by molar-refractivity contribution is 5.95. The zero-order valence-corrected chi connectivity index (χ0v) is 9.68. The monoisotopic (exact) mass is 250 g/mol. The van der Waals surface area contributed by atoms with Crippen molar-refractivity contribution < 1.29 is 19.5 Å². The van der Waals surface area contributed by atoms with Gasteiger partial charge in [0, 0.05) is 6.54 Å². The van der Waals surface area contributed by atoms with Gasteiger partial charge in [0.1, 0.15) is 6.42 Å². The van der Waals surface area contributed by atoms with Gasteiger partial charge in [0.25, 0.3) is 0 Å². The van der Waals surface area contributed by atoms with Gasteiger partial charge in [-0.05, 0) is 5.56 Å². The Balaban J connectivity index is 2.22. The number of rotatable bonds is 6. The molecule has 0 bridgehead atoms. The van der Waals surface area contributed by atoms with Gasteiger partial charge in [0.05, 0.1) is 6.54 Å². The molecule has 96 valence electrons. The number of carboxylic acids is 1. The van der Waals surface area contributed by atoms with E-state index in [2.05, 4.69) is 10.6 Å². The molecule has 0 saturated heterocycles. The summed E-state index contributed by atoms with van der Waals surface area (Å²) in [6.45, 7) is 0.146. The van der Waals surface area contributed by atoms with E-state index in [0.29, 0.717) is 6.54 Å². The van der Waals surface area contributed by atoms with Crippen LogP contribution in [0.15, 0.2) is 30.3 Å². The molecule has 0 radical (unpaired) electrons. The van der Waals surface area contributed by atoms with Crippen LogP contribution in [0.4, 0.5) is 0 Å². The normalized spacial score (nSPS) is 9.56. The summed E-state index contributed by atoms with van der Waals surface area (Å²) in [6, 6.07) is 9.32. The van der Waals surface area contributed by atoms with E-state index in [1.54, 1.807) is 0 Å². The van der Waals surface area contributed by atoms with Crippen molar-refractivity contribution in [2.24, 2.45) is 0 Å². The lowest BCUT2D eigenvalue weighted by atomic mass is 10.2. The second-order valence-corrected chi connectivity index (χ2v) is 3.61. The summed E-state index contributed by atoms with van der Waals surface area (Å²) in [6.07, 6.45) is -0.633. The summed E-state index contributed by atoms with van der Waals surface area (Å²) in [5.41, 5.74) is 0.947. The Bertz CT molecular complexity index is 431. The molecule has 0 aliphatic rings. The molecule has 1 aromatic carbocycles. The fourth-order valence-corrected chi connectivity index (χ4v) is 1.24. The maximum Gasteiger partial charge on any atom is 0.312 e. The van der Waals surface area contributed by atoms with Crippen molar-refractivity contribution in [3.8, 4) is 0 Å². The van der Waals surface area contributed by atoms with Crippen LogP contribution in [0, 0.1) is 0 Å². The van der Waals surface area contributed by atoms with Crippen LogP contribution in [0.1, 0.15) is 12.0 Å². The Morgan fingerprint density at radius 2 is 1.67 bits per heavy atom. The average molecular weight is 250 g/mol. The van der Waals surface area contributed by atoms with Crippen molar-refractivity contribution in [3.63, 3.8) is 0 Å². The number of aliphatic carboxylic acids is 1. The Hall–Kier alpha value is -2.37. The summed E-state index contributed by atoms with van der Waals surface area (Å²) >= 11 is 0.